The largest absolute Gasteiger partial charge is 0.457 e. The maximum absolute atomic E-state index is 12.0. The van der Waals surface area contributed by atoms with Crippen LogP contribution in [0.3, 0.4) is 0 Å². The fourth-order valence-corrected chi connectivity index (χ4v) is 4.74. The van der Waals surface area contributed by atoms with E-state index in [9.17, 15) is 9.90 Å². The first kappa shape index (κ1) is 25.6. The third-order valence-corrected chi connectivity index (χ3v) is 6.95. The summed E-state index contributed by atoms with van der Waals surface area (Å²) in [7, 11) is 3.59. The fraction of sp³-hybridized carbons (Fsp3) is 0.360. The van der Waals surface area contributed by atoms with Crippen molar-refractivity contribution < 1.29 is 14.6 Å². The molecule has 1 saturated heterocycles. The maximum atomic E-state index is 12.0. The Bertz CT molecular complexity index is 1270. The van der Waals surface area contributed by atoms with Gasteiger partial charge in [-0.25, -0.2) is 9.78 Å². The van der Waals surface area contributed by atoms with Crippen molar-refractivity contribution in [2.45, 2.75) is 37.9 Å². The molecule has 1 aromatic carbocycles. The van der Waals surface area contributed by atoms with Crippen LogP contribution in [0.2, 0.25) is 0 Å². The van der Waals surface area contributed by atoms with Crippen LogP contribution in [0.1, 0.15) is 44.2 Å². The molecule has 2 aromatic rings. The summed E-state index contributed by atoms with van der Waals surface area (Å²) >= 11 is 0. The maximum Gasteiger partial charge on any atom is 0.338 e. The molecule has 36 heavy (non-hydrogen) atoms. The van der Waals surface area contributed by atoms with Crippen molar-refractivity contribution in [3.05, 3.63) is 69.5 Å². The summed E-state index contributed by atoms with van der Waals surface area (Å²) in [6, 6.07) is 7.43. The van der Waals surface area contributed by atoms with Crippen LogP contribution in [0.25, 0.3) is 0 Å². The zero-order valence-electron chi connectivity index (χ0n) is 21.1. The first-order chi connectivity index (χ1) is 17.1. The van der Waals surface area contributed by atoms with Gasteiger partial charge in [0, 0.05) is 61.3 Å². The highest BCUT2D eigenvalue weighted by Gasteiger charge is 2.37. The van der Waals surface area contributed by atoms with E-state index < -0.39 is 5.40 Å². The van der Waals surface area contributed by atoms with E-state index in [2.05, 4.69) is 26.6 Å². The van der Waals surface area contributed by atoms with Crippen molar-refractivity contribution in [1.82, 2.24) is 15.2 Å². The Morgan fingerprint density at radius 1 is 1.44 bits per heavy atom. The lowest BCUT2D eigenvalue weighted by Crippen LogP contribution is -2.63. The molecule has 2 aliphatic heterocycles. The standard InChI is InChI=1S/C25H30B2N6O3/c1-14-5-23(31-9-17(14)7-29)30-8-16(6-28)10-33-11-21(32-22(12-33)25(26,27)35)18-3-4-19-20(15(18)2)13-36-24(19)34/h3-6,8-9,21-22,28,32,35H,10-13,26-27H2,1-2H3,(H,30,31)/b16-8+,28-6?. The van der Waals surface area contributed by atoms with Gasteiger partial charge in [-0.2, -0.15) is 5.26 Å². The molecule has 184 valence electrons. The van der Waals surface area contributed by atoms with Gasteiger partial charge in [0.1, 0.15) is 34.2 Å². The van der Waals surface area contributed by atoms with Gasteiger partial charge in [-0.05, 0) is 48.2 Å². The quantitative estimate of drug-likeness (QED) is 0.247. The van der Waals surface area contributed by atoms with Gasteiger partial charge in [-0.3, -0.25) is 4.90 Å². The number of aryl methyl sites for hydroxylation is 1. The lowest BCUT2D eigenvalue weighted by molar-refractivity contribution is 0.0534. The number of nitriles is 1. The minimum Gasteiger partial charge on any atom is -0.457 e. The minimum atomic E-state index is -0.961. The number of hydrogen-bond acceptors (Lipinski definition) is 9. The monoisotopic (exact) mass is 484 g/mol. The molecule has 2 unspecified atom stereocenters. The Morgan fingerprint density at radius 2 is 2.22 bits per heavy atom. The molecule has 2 atom stereocenters. The van der Waals surface area contributed by atoms with Gasteiger partial charge < -0.3 is 25.9 Å². The second-order valence-corrected chi connectivity index (χ2v) is 10.0. The Hall–Kier alpha value is -3.45. The van der Waals surface area contributed by atoms with Crippen molar-refractivity contribution in [2.24, 2.45) is 0 Å². The zero-order valence-corrected chi connectivity index (χ0v) is 21.1. The Morgan fingerprint density at radius 3 is 2.89 bits per heavy atom. The van der Waals surface area contributed by atoms with Crippen LogP contribution in [0.5, 0.6) is 0 Å². The number of aliphatic hydroxyl groups is 1. The number of piperazine rings is 1. The number of carbonyl (C=O) groups excluding carboxylic acids is 1. The van der Waals surface area contributed by atoms with E-state index in [1.54, 1.807) is 28.0 Å². The molecule has 4 N–H and O–H groups in total. The molecule has 9 nitrogen and oxygen atoms in total. The number of anilines is 1. The molecule has 0 aliphatic carbocycles. The van der Waals surface area contributed by atoms with Crippen LogP contribution in [0.4, 0.5) is 5.82 Å². The van der Waals surface area contributed by atoms with Gasteiger partial charge in [-0.15, -0.1) is 0 Å². The highest BCUT2D eigenvalue weighted by molar-refractivity contribution is 6.39. The molecule has 0 spiro atoms. The second-order valence-electron chi connectivity index (χ2n) is 10.0. The summed E-state index contributed by atoms with van der Waals surface area (Å²) in [4.78, 5) is 18.5. The van der Waals surface area contributed by atoms with Gasteiger partial charge >= 0.3 is 5.97 Å². The summed E-state index contributed by atoms with van der Waals surface area (Å²) in [6.07, 6.45) is 4.59. The molecule has 0 radical (unpaired) electrons. The van der Waals surface area contributed by atoms with Crippen LogP contribution >= 0.6 is 0 Å². The molecule has 3 heterocycles. The predicted octanol–water partition coefficient (Wildman–Crippen LogP) is 0.113. The molecule has 0 bridgehead atoms. The number of fused-ring (bicyclic) bond motifs is 1. The summed E-state index contributed by atoms with van der Waals surface area (Å²) in [5.41, 5.74) is 5.74. The topological polar surface area (TPSA) is 134 Å². The average Bonchev–Trinajstić information content (AvgIpc) is 3.22. The summed E-state index contributed by atoms with van der Waals surface area (Å²) in [5, 5.41) is 33.7. The predicted molar refractivity (Wildman–Crippen MR) is 143 cm³/mol. The minimum absolute atomic E-state index is 0.0704. The van der Waals surface area contributed by atoms with Gasteiger partial charge in [-0.1, -0.05) is 6.07 Å². The van der Waals surface area contributed by atoms with Crippen molar-refractivity contribution in [3.63, 3.8) is 0 Å². The molecule has 11 heteroatoms. The van der Waals surface area contributed by atoms with E-state index in [0.29, 0.717) is 36.6 Å². The van der Waals surface area contributed by atoms with Crippen LogP contribution in [-0.4, -0.2) is 73.9 Å². The molecular weight excluding hydrogens is 454 g/mol. The van der Waals surface area contributed by atoms with Gasteiger partial charge in [0.05, 0.1) is 11.1 Å². The molecule has 1 fully saturated rings. The van der Waals surface area contributed by atoms with Crippen molar-refractivity contribution in [2.75, 3.05) is 25.0 Å². The molecular formula is C25H30B2N6O3. The Kier molecular flexibility index (Phi) is 7.31. The lowest BCUT2D eigenvalue weighted by atomic mass is 9.60. The number of rotatable bonds is 7. The normalized spacial score (nSPS) is 20.4. The van der Waals surface area contributed by atoms with Crippen LogP contribution in [0.15, 0.2) is 36.2 Å². The number of nitrogens with one attached hydrogen (secondary N) is 3. The first-order valence-corrected chi connectivity index (χ1v) is 11.9. The van der Waals surface area contributed by atoms with E-state index >= 15 is 0 Å². The van der Waals surface area contributed by atoms with E-state index in [0.717, 1.165) is 27.8 Å². The number of esters is 1. The van der Waals surface area contributed by atoms with Gasteiger partial charge in [0.2, 0.25) is 0 Å². The third-order valence-electron chi connectivity index (χ3n) is 6.95. The Balaban J connectivity index is 1.55. The number of carbonyl (C=O) groups is 1. The number of nitrogens with zero attached hydrogens (tertiary/aromatic N) is 3. The smallest absolute Gasteiger partial charge is 0.338 e. The lowest BCUT2D eigenvalue weighted by Gasteiger charge is -2.44. The first-order valence-electron chi connectivity index (χ1n) is 11.9. The molecule has 4 rings (SSSR count). The number of aromatic nitrogens is 1. The van der Waals surface area contributed by atoms with E-state index in [-0.39, 0.29) is 24.7 Å². The number of benzene rings is 1. The number of pyridine rings is 1. The van der Waals surface area contributed by atoms with E-state index in [1.165, 1.54) is 12.4 Å². The average molecular weight is 484 g/mol. The van der Waals surface area contributed by atoms with Crippen LogP contribution < -0.4 is 10.6 Å². The summed E-state index contributed by atoms with van der Waals surface area (Å²) in [6.45, 7) is 5.92. The number of ether oxygens (including phenoxy) is 1. The van der Waals surface area contributed by atoms with Gasteiger partial charge in [0.15, 0.2) is 0 Å². The van der Waals surface area contributed by atoms with Crippen LogP contribution in [0, 0.1) is 30.6 Å². The number of cyclic esters (lactones) is 1. The van der Waals surface area contributed by atoms with Crippen LogP contribution in [-0.2, 0) is 11.3 Å². The highest BCUT2D eigenvalue weighted by atomic mass is 16.5. The SMILES string of the molecule is BC(B)(O)C1CN(C/C(C=N)=C/Nc2cc(C)c(C#N)cn2)CC(c2ccc3c(c2C)COC3=O)N1. The summed E-state index contributed by atoms with van der Waals surface area (Å²) < 4.78 is 5.22. The summed E-state index contributed by atoms with van der Waals surface area (Å²) in [5.74, 6) is 0.316. The fourth-order valence-electron chi connectivity index (χ4n) is 4.74. The third kappa shape index (κ3) is 5.36. The molecule has 0 saturated carbocycles. The zero-order chi connectivity index (χ0) is 26.0. The highest BCUT2D eigenvalue weighted by Crippen LogP contribution is 2.31. The molecule has 1 aromatic heterocycles. The van der Waals surface area contributed by atoms with Crippen molar-refractivity contribution in [1.29, 1.82) is 10.7 Å². The van der Waals surface area contributed by atoms with Gasteiger partial charge in [0.25, 0.3) is 0 Å². The second kappa shape index (κ2) is 10.3. The van der Waals surface area contributed by atoms with Crippen molar-refractivity contribution in [3.8, 4) is 6.07 Å². The number of hydrogen-bond donors (Lipinski definition) is 4. The molecule has 0 amide bonds. The van der Waals surface area contributed by atoms with Crippen molar-refractivity contribution >= 4 is 33.7 Å². The van der Waals surface area contributed by atoms with E-state index in [4.69, 9.17) is 15.4 Å². The van der Waals surface area contributed by atoms with E-state index in [1.807, 2.05) is 26.0 Å². The Labute approximate surface area is 212 Å². The molecule has 2 aliphatic rings.